The minimum atomic E-state index is -0.680. The summed E-state index contributed by atoms with van der Waals surface area (Å²) in [7, 11) is 0. The van der Waals surface area contributed by atoms with Gasteiger partial charge in [0, 0.05) is 15.3 Å². The van der Waals surface area contributed by atoms with Crippen LogP contribution in [0.3, 0.4) is 0 Å². The van der Waals surface area contributed by atoms with Gasteiger partial charge in [-0.05, 0) is 52.7 Å². The van der Waals surface area contributed by atoms with Gasteiger partial charge in [0.2, 0.25) is 0 Å². The van der Waals surface area contributed by atoms with Crippen molar-refractivity contribution in [1.82, 2.24) is 15.0 Å². The minimum absolute atomic E-state index is 0.185. The van der Waals surface area contributed by atoms with E-state index in [1.54, 1.807) is 22.9 Å². The molecule has 0 radical (unpaired) electrons. The molecule has 26 heavy (non-hydrogen) atoms. The molecule has 0 aliphatic rings. The maximum Gasteiger partial charge on any atom is 0.274 e. The van der Waals surface area contributed by atoms with Gasteiger partial charge in [-0.3, -0.25) is 19.4 Å². The predicted octanol–water partition coefficient (Wildman–Crippen LogP) is 3.43. The van der Waals surface area contributed by atoms with Gasteiger partial charge in [-0.2, -0.15) is 0 Å². The third kappa shape index (κ3) is 2.86. The molecule has 0 spiro atoms. The van der Waals surface area contributed by atoms with E-state index < -0.39 is 5.91 Å². The van der Waals surface area contributed by atoms with Crippen molar-refractivity contribution in [3.63, 3.8) is 0 Å². The van der Waals surface area contributed by atoms with E-state index in [2.05, 4.69) is 4.98 Å². The van der Waals surface area contributed by atoms with Gasteiger partial charge in [-0.1, -0.05) is 11.6 Å². The highest BCUT2D eigenvalue weighted by molar-refractivity contribution is 7.17. The average molecular weight is 386 g/mol. The Bertz CT molecular complexity index is 1220. The first kappa shape index (κ1) is 16.7. The number of carbonyl (C=O) groups excluding carboxylic acids is 1. The highest BCUT2D eigenvalue weighted by Gasteiger charge is 2.11. The standard InChI is InChI=1S/C18H12ClN3O3S/c19-12-2-4-16-13(6-12)11(8-26-16)7-22-9-20-15-3-1-10(17(23)21-25)5-14(15)18(22)24/h1-6,8-9,25H,7H2,(H,21,23). The van der Waals surface area contributed by atoms with Crippen molar-refractivity contribution < 1.29 is 10.0 Å². The van der Waals surface area contributed by atoms with Crippen molar-refractivity contribution in [3.8, 4) is 0 Å². The van der Waals surface area contributed by atoms with Gasteiger partial charge in [0.05, 0.1) is 23.8 Å². The molecule has 0 atom stereocenters. The van der Waals surface area contributed by atoms with Crippen LogP contribution in [0.1, 0.15) is 15.9 Å². The van der Waals surface area contributed by atoms with Gasteiger partial charge < -0.3 is 0 Å². The minimum Gasteiger partial charge on any atom is -0.294 e. The van der Waals surface area contributed by atoms with Crippen LogP contribution in [-0.2, 0) is 6.54 Å². The Morgan fingerprint density at radius 2 is 2.08 bits per heavy atom. The molecule has 0 bridgehead atoms. The number of hydrogen-bond acceptors (Lipinski definition) is 5. The van der Waals surface area contributed by atoms with E-state index >= 15 is 0 Å². The molecule has 2 aromatic carbocycles. The van der Waals surface area contributed by atoms with Gasteiger partial charge in [-0.25, -0.2) is 10.5 Å². The summed E-state index contributed by atoms with van der Waals surface area (Å²) in [4.78, 5) is 28.7. The maximum absolute atomic E-state index is 12.8. The number of hydroxylamine groups is 1. The summed E-state index contributed by atoms with van der Waals surface area (Å²) in [5, 5.41) is 12.7. The van der Waals surface area contributed by atoms with Gasteiger partial charge in [-0.15, -0.1) is 11.3 Å². The summed E-state index contributed by atoms with van der Waals surface area (Å²) in [6, 6.07) is 10.2. The van der Waals surface area contributed by atoms with Crippen LogP contribution in [0, 0.1) is 0 Å². The Labute approximate surface area is 156 Å². The molecule has 0 aliphatic heterocycles. The lowest BCUT2D eigenvalue weighted by molar-refractivity contribution is 0.0706. The van der Waals surface area contributed by atoms with Crippen LogP contribution in [0.2, 0.25) is 5.02 Å². The van der Waals surface area contributed by atoms with Crippen LogP contribution in [-0.4, -0.2) is 20.7 Å². The molecule has 0 saturated carbocycles. The fourth-order valence-corrected chi connectivity index (χ4v) is 3.94. The van der Waals surface area contributed by atoms with Crippen molar-refractivity contribution in [2.75, 3.05) is 0 Å². The number of benzene rings is 2. The Morgan fingerprint density at radius 1 is 1.23 bits per heavy atom. The van der Waals surface area contributed by atoms with E-state index in [4.69, 9.17) is 16.8 Å². The van der Waals surface area contributed by atoms with Crippen LogP contribution in [0.25, 0.3) is 21.0 Å². The molecule has 4 aromatic rings. The summed E-state index contributed by atoms with van der Waals surface area (Å²) >= 11 is 7.67. The third-order valence-corrected chi connectivity index (χ3v) is 5.39. The molecule has 130 valence electrons. The lowest BCUT2D eigenvalue weighted by Gasteiger charge is -2.07. The molecule has 8 heteroatoms. The van der Waals surface area contributed by atoms with Crippen molar-refractivity contribution in [3.05, 3.63) is 74.6 Å². The van der Waals surface area contributed by atoms with Gasteiger partial charge in [0.15, 0.2) is 0 Å². The lowest BCUT2D eigenvalue weighted by Crippen LogP contribution is -2.22. The third-order valence-electron chi connectivity index (χ3n) is 4.14. The van der Waals surface area contributed by atoms with Crippen LogP contribution in [0.5, 0.6) is 0 Å². The number of thiophene rings is 1. The second-order valence-corrected chi connectivity index (χ2v) is 7.10. The Balaban J connectivity index is 1.81. The monoisotopic (exact) mass is 385 g/mol. The highest BCUT2D eigenvalue weighted by atomic mass is 35.5. The molecule has 0 fully saturated rings. The van der Waals surface area contributed by atoms with Gasteiger partial charge in [0.1, 0.15) is 0 Å². The maximum atomic E-state index is 12.8. The first-order valence-corrected chi connectivity index (χ1v) is 8.92. The van der Waals surface area contributed by atoms with E-state index in [0.29, 0.717) is 22.5 Å². The molecule has 2 heterocycles. The number of nitrogens with one attached hydrogen (secondary N) is 1. The number of halogens is 1. The van der Waals surface area contributed by atoms with E-state index in [-0.39, 0.29) is 11.1 Å². The van der Waals surface area contributed by atoms with Crippen molar-refractivity contribution in [2.24, 2.45) is 0 Å². The largest absolute Gasteiger partial charge is 0.294 e. The fourth-order valence-electron chi connectivity index (χ4n) is 2.84. The first-order valence-electron chi connectivity index (χ1n) is 7.66. The zero-order chi connectivity index (χ0) is 18.3. The van der Waals surface area contributed by atoms with Gasteiger partial charge in [0.25, 0.3) is 11.5 Å². The number of amides is 1. The summed E-state index contributed by atoms with van der Waals surface area (Å²) in [5.41, 5.74) is 2.94. The molecule has 0 saturated heterocycles. The van der Waals surface area contributed by atoms with E-state index in [1.165, 1.54) is 23.0 Å². The molecule has 0 aliphatic carbocycles. The fraction of sp³-hybridized carbons (Fsp3) is 0.0556. The van der Waals surface area contributed by atoms with Crippen LogP contribution < -0.4 is 11.0 Å². The van der Waals surface area contributed by atoms with Crippen molar-refractivity contribution in [1.29, 1.82) is 0 Å². The Kier molecular flexibility index (Phi) is 4.20. The topological polar surface area (TPSA) is 84.2 Å². The second kappa shape index (κ2) is 6.53. The molecule has 6 nitrogen and oxygen atoms in total. The van der Waals surface area contributed by atoms with Crippen molar-refractivity contribution in [2.45, 2.75) is 6.54 Å². The van der Waals surface area contributed by atoms with Crippen LogP contribution >= 0.6 is 22.9 Å². The summed E-state index contributed by atoms with van der Waals surface area (Å²) in [5.74, 6) is -0.680. The number of rotatable bonds is 3. The SMILES string of the molecule is O=C(NO)c1ccc2ncn(Cc3csc4ccc(Cl)cc34)c(=O)c2c1. The van der Waals surface area contributed by atoms with Crippen LogP contribution in [0.4, 0.5) is 0 Å². The molecule has 1 amide bonds. The summed E-state index contributed by atoms with van der Waals surface area (Å²) < 4.78 is 2.58. The predicted molar refractivity (Wildman–Crippen MR) is 101 cm³/mol. The number of nitrogens with zero attached hydrogens (tertiary/aromatic N) is 2. The number of hydrogen-bond donors (Lipinski definition) is 2. The molecule has 2 aromatic heterocycles. The first-order chi connectivity index (χ1) is 12.6. The summed E-state index contributed by atoms with van der Waals surface area (Å²) in [6.07, 6.45) is 1.49. The molecule has 0 unspecified atom stereocenters. The zero-order valence-electron chi connectivity index (χ0n) is 13.3. The quantitative estimate of drug-likeness (QED) is 0.418. The molecule has 4 rings (SSSR count). The lowest BCUT2D eigenvalue weighted by atomic mass is 10.1. The molecule has 2 N–H and O–H groups in total. The van der Waals surface area contributed by atoms with Crippen molar-refractivity contribution >= 4 is 49.8 Å². The van der Waals surface area contributed by atoms with Gasteiger partial charge >= 0.3 is 0 Å². The highest BCUT2D eigenvalue weighted by Crippen LogP contribution is 2.29. The molecular weight excluding hydrogens is 374 g/mol. The summed E-state index contributed by atoms with van der Waals surface area (Å²) in [6.45, 7) is 0.346. The normalized spacial score (nSPS) is 11.2. The zero-order valence-corrected chi connectivity index (χ0v) is 14.8. The van der Waals surface area contributed by atoms with E-state index in [0.717, 1.165) is 15.6 Å². The van der Waals surface area contributed by atoms with E-state index in [1.807, 2.05) is 23.6 Å². The Hall–Kier alpha value is -2.74. The smallest absolute Gasteiger partial charge is 0.274 e. The Morgan fingerprint density at radius 3 is 2.88 bits per heavy atom. The second-order valence-electron chi connectivity index (χ2n) is 5.75. The number of fused-ring (bicyclic) bond motifs is 2. The number of carbonyl (C=O) groups is 1. The van der Waals surface area contributed by atoms with Crippen LogP contribution in [0.15, 0.2) is 52.9 Å². The number of aromatic nitrogens is 2. The average Bonchev–Trinajstić information content (AvgIpc) is 3.05. The van der Waals surface area contributed by atoms with E-state index in [9.17, 15) is 9.59 Å². The molecular formula is C18H12ClN3O3S.